The van der Waals surface area contributed by atoms with Crippen molar-refractivity contribution in [3.05, 3.63) is 34.1 Å². The van der Waals surface area contributed by atoms with Gasteiger partial charge in [0.05, 0.1) is 0 Å². The van der Waals surface area contributed by atoms with E-state index in [4.69, 9.17) is 5.73 Å². The van der Waals surface area contributed by atoms with Crippen LogP contribution in [0.15, 0.2) is 22.7 Å². The zero-order valence-electron chi connectivity index (χ0n) is 9.13. The van der Waals surface area contributed by atoms with Crippen molar-refractivity contribution in [3.8, 4) is 0 Å². The Morgan fingerprint density at radius 3 is 2.67 bits per heavy atom. The Kier molecular flexibility index (Phi) is 4.74. The Balaban J connectivity index is 2.61. The fourth-order valence-electron chi connectivity index (χ4n) is 1.39. The first-order valence-electron chi connectivity index (χ1n) is 5.20. The fourth-order valence-corrected chi connectivity index (χ4v) is 1.80. The quantitative estimate of drug-likeness (QED) is 0.893. The van der Waals surface area contributed by atoms with Crippen LogP contribution in [0.3, 0.4) is 0 Å². The summed E-state index contributed by atoms with van der Waals surface area (Å²) in [5, 5.41) is 0. The van der Waals surface area contributed by atoms with E-state index < -0.39 is 0 Å². The molecule has 3 heteroatoms. The van der Waals surface area contributed by atoms with Crippen molar-refractivity contribution in [3.63, 3.8) is 0 Å². The third-order valence-corrected chi connectivity index (χ3v) is 3.10. The second-order valence-electron chi connectivity index (χ2n) is 4.18. The molecule has 0 spiro atoms. The molecule has 1 unspecified atom stereocenters. The highest BCUT2D eigenvalue weighted by Crippen LogP contribution is 2.18. The van der Waals surface area contributed by atoms with E-state index in [0.717, 1.165) is 16.5 Å². The highest BCUT2D eigenvalue weighted by Gasteiger charge is 2.09. The molecule has 2 N–H and O–H groups in total. The van der Waals surface area contributed by atoms with Gasteiger partial charge in [-0.25, -0.2) is 4.39 Å². The molecule has 1 aromatic carbocycles. The minimum absolute atomic E-state index is 0.142. The summed E-state index contributed by atoms with van der Waals surface area (Å²) in [6.45, 7) is 4.17. The Morgan fingerprint density at radius 2 is 2.07 bits per heavy atom. The third-order valence-electron chi connectivity index (χ3n) is 2.61. The number of aryl methyl sites for hydroxylation is 1. The van der Waals surface area contributed by atoms with Crippen molar-refractivity contribution >= 4 is 15.9 Å². The number of halogens is 2. The standard InChI is InChI=1S/C12H17BrFN/c1-8(2)12(15)6-3-9-7-10(13)4-5-11(9)14/h4-5,7-8,12H,3,6,15H2,1-2H3. The van der Waals surface area contributed by atoms with Gasteiger partial charge in [-0.3, -0.25) is 0 Å². The molecular weight excluding hydrogens is 257 g/mol. The van der Waals surface area contributed by atoms with Crippen molar-refractivity contribution in [2.75, 3.05) is 0 Å². The maximum atomic E-state index is 13.4. The maximum Gasteiger partial charge on any atom is 0.126 e. The molecular formula is C12H17BrFN. The highest BCUT2D eigenvalue weighted by atomic mass is 79.9. The van der Waals surface area contributed by atoms with Gasteiger partial charge in [-0.1, -0.05) is 29.8 Å². The lowest BCUT2D eigenvalue weighted by Gasteiger charge is -2.15. The van der Waals surface area contributed by atoms with Crippen LogP contribution in [-0.4, -0.2) is 6.04 Å². The van der Waals surface area contributed by atoms with E-state index in [1.807, 2.05) is 6.07 Å². The summed E-state index contributed by atoms with van der Waals surface area (Å²) in [4.78, 5) is 0. The van der Waals surface area contributed by atoms with Crippen LogP contribution in [0.25, 0.3) is 0 Å². The first kappa shape index (κ1) is 12.7. The molecule has 0 amide bonds. The Morgan fingerprint density at radius 1 is 1.40 bits per heavy atom. The number of nitrogens with two attached hydrogens (primary N) is 1. The summed E-state index contributed by atoms with van der Waals surface area (Å²) in [6.07, 6.45) is 1.52. The van der Waals surface area contributed by atoms with E-state index in [9.17, 15) is 4.39 Å². The third kappa shape index (κ3) is 3.92. The molecule has 84 valence electrons. The summed E-state index contributed by atoms with van der Waals surface area (Å²) >= 11 is 3.33. The van der Waals surface area contributed by atoms with Gasteiger partial charge in [-0.05, 0) is 42.5 Å². The fraction of sp³-hybridized carbons (Fsp3) is 0.500. The number of rotatable bonds is 4. The Hall–Kier alpha value is -0.410. The summed E-state index contributed by atoms with van der Waals surface area (Å²) in [5.41, 5.74) is 6.65. The molecule has 15 heavy (non-hydrogen) atoms. The van der Waals surface area contributed by atoms with Gasteiger partial charge in [0, 0.05) is 10.5 Å². The van der Waals surface area contributed by atoms with E-state index in [0.29, 0.717) is 12.3 Å². The topological polar surface area (TPSA) is 26.0 Å². The predicted octanol–water partition coefficient (Wildman–Crippen LogP) is 3.50. The number of hydrogen-bond acceptors (Lipinski definition) is 1. The van der Waals surface area contributed by atoms with Crippen LogP contribution in [0.1, 0.15) is 25.8 Å². The lowest BCUT2D eigenvalue weighted by Crippen LogP contribution is -2.26. The van der Waals surface area contributed by atoms with Crippen LogP contribution in [0, 0.1) is 11.7 Å². The van der Waals surface area contributed by atoms with Gasteiger partial charge in [0.25, 0.3) is 0 Å². The first-order valence-corrected chi connectivity index (χ1v) is 5.99. The molecule has 1 atom stereocenters. The lowest BCUT2D eigenvalue weighted by atomic mass is 9.97. The van der Waals surface area contributed by atoms with E-state index in [1.54, 1.807) is 6.07 Å². The predicted molar refractivity (Wildman–Crippen MR) is 65.2 cm³/mol. The summed E-state index contributed by atoms with van der Waals surface area (Å²) in [6, 6.07) is 5.16. The molecule has 0 radical (unpaired) electrons. The molecule has 0 bridgehead atoms. The first-order chi connectivity index (χ1) is 7.00. The summed E-state index contributed by atoms with van der Waals surface area (Å²) in [7, 11) is 0. The number of hydrogen-bond donors (Lipinski definition) is 1. The monoisotopic (exact) mass is 273 g/mol. The maximum absolute atomic E-state index is 13.4. The number of benzene rings is 1. The lowest BCUT2D eigenvalue weighted by molar-refractivity contribution is 0.460. The summed E-state index contributed by atoms with van der Waals surface area (Å²) in [5.74, 6) is 0.300. The largest absolute Gasteiger partial charge is 0.327 e. The average molecular weight is 274 g/mol. The minimum Gasteiger partial charge on any atom is -0.327 e. The normalized spacial score (nSPS) is 13.2. The van der Waals surface area contributed by atoms with Gasteiger partial charge in [0.15, 0.2) is 0 Å². The van der Waals surface area contributed by atoms with Crippen molar-refractivity contribution in [1.82, 2.24) is 0 Å². The molecule has 0 aromatic heterocycles. The minimum atomic E-state index is -0.144. The molecule has 0 aliphatic carbocycles. The van der Waals surface area contributed by atoms with Gasteiger partial charge in [-0.15, -0.1) is 0 Å². The molecule has 1 rings (SSSR count). The van der Waals surface area contributed by atoms with Gasteiger partial charge in [0.1, 0.15) is 5.82 Å². The van der Waals surface area contributed by atoms with E-state index in [-0.39, 0.29) is 11.9 Å². The zero-order chi connectivity index (χ0) is 11.4. The highest BCUT2D eigenvalue weighted by molar-refractivity contribution is 9.10. The second-order valence-corrected chi connectivity index (χ2v) is 5.10. The Labute approximate surface area is 99.0 Å². The van der Waals surface area contributed by atoms with Crippen LogP contribution >= 0.6 is 15.9 Å². The van der Waals surface area contributed by atoms with E-state index >= 15 is 0 Å². The van der Waals surface area contributed by atoms with E-state index in [2.05, 4.69) is 29.8 Å². The van der Waals surface area contributed by atoms with Crippen LogP contribution in [0.2, 0.25) is 0 Å². The molecule has 0 saturated heterocycles. The van der Waals surface area contributed by atoms with Crippen molar-refractivity contribution in [2.45, 2.75) is 32.7 Å². The van der Waals surface area contributed by atoms with Crippen LogP contribution in [0.5, 0.6) is 0 Å². The van der Waals surface area contributed by atoms with Crippen molar-refractivity contribution in [1.29, 1.82) is 0 Å². The van der Waals surface area contributed by atoms with Gasteiger partial charge in [0.2, 0.25) is 0 Å². The SMILES string of the molecule is CC(C)C(N)CCc1cc(Br)ccc1F. The molecule has 0 aliphatic heterocycles. The van der Waals surface area contributed by atoms with Crippen LogP contribution < -0.4 is 5.73 Å². The average Bonchev–Trinajstić information content (AvgIpc) is 2.18. The zero-order valence-corrected chi connectivity index (χ0v) is 10.7. The van der Waals surface area contributed by atoms with Gasteiger partial charge in [-0.2, -0.15) is 0 Å². The second kappa shape index (κ2) is 5.61. The van der Waals surface area contributed by atoms with Crippen LogP contribution in [-0.2, 0) is 6.42 Å². The van der Waals surface area contributed by atoms with Crippen LogP contribution in [0.4, 0.5) is 4.39 Å². The van der Waals surface area contributed by atoms with Gasteiger partial charge >= 0.3 is 0 Å². The van der Waals surface area contributed by atoms with Crippen molar-refractivity contribution < 1.29 is 4.39 Å². The molecule has 0 aliphatic rings. The molecule has 0 heterocycles. The molecule has 0 saturated carbocycles. The molecule has 0 fully saturated rings. The smallest absolute Gasteiger partial charge is 0.126 e. The van der Waals surface area contributed by atoms with Crippen molar-refractivity contribution in [2.24, 2.45) is 11.7 Å². The summed E-state index contributed by atoms with van der Waals surface area (Å²) < 4.78 is 14.3. The molecule has 1 nitrogen and oxygen atoms in total. The van der Waals surface area contributed by atoms with E-state index in [1.165, 1.54) is 6.07 Å². The Bertz CT molecular complexity index is 325. The molecule has 1 aromatic rings. The van der Waals surface area contributed by atoms with Gasteiger partial charge < -0.3 is 5.73 Å².